The molecule has 0 saturated heterocycles. The average molecular weight is 340 g/mol. The molecule has 2 aromatic rings. The predicted molar refractivity (Wildman–Crippen MR) is 76.3 cm³/mol. The molecule has 0 amide bonds. The first kappa shape index (κ1) is 13.7. The molecule has 5 nitrogen and oxygen atoms in total. The molecule has 0 radical (unpaired) electrons. The van der Waals surface area contributed by atoms with Crippen LogP contribution in [0.1, 0.15) is 5.56 Å². The fraction of sp³-hybridized carbons (Fsp3) is 0. The van der Waals surface area contributed by atoms with Gasteiger partial charge in [-0.1, -0.05) is 22.0 Å². The summed E-state index contributed by atoms with van der Waals surface area (Å²) in [6.07, 6.45) is 4.60. The zero-order valence-electron chi connectivity index (χ0n) is 9.69. The number of benzene rings is 1. The molecule has 0 fully saturated rings. The minimum Gasteiger partial charge on any atom is -0.264 e. The van der Waals surface area contributed by atoms with Crippen LogP contribution in [0.25, 0.3) is 0 Å². The molecule has 7 heteroatoms. The number of sulfonamides is 1. The zero-order valence-corrected chi connectivity index (χ0v) is 12.1. The maximum Gasteiger partial charge on any atom is 0.276 e. The van der Waals surface area contributed by atoms with E-state index in [-0.39, 0.29) is 4.90 Å². The van der Waals surface area contributed by atoms with Crippen LogP contribution in [0.15, 0.2) is 63.3 Å². The number of nitrogens with zero attached hydrogens (tertiary/aromatic N) is 2. The lowest BCUT2D eigenvalue weighted by atomic mass is 10.3. The second kappa shape index (κ2) is 5.94. The number of halogens is 1. The molecule has 2 rings (SSSR count). The summed E-state index contributed by atoms with van der Waals surface area (Å²) < 4.78 is 24.6. The molecule has 19 heavy (non-hydrogen) atoms. The van der Waals surface area contributed by atoms with Crippen LogP contribution in [-0.2, 0) is 10.0 Å². The van der Waals surface area contributed by atoms with E-state index >= 15 is 0 Å². The SMILES string of the molecule is O=S(=O)(N/N=C\c1cccnc1)c1ccc(Br)cc1. The van der Waals surface area contributed by atoms with Gasteiger partial charge in [0.15, 0.2) is 0 Å². The van der Waals surface area contributed by atoms with Gasteiger partial charge < -0.3 is 0 Å². The van der Waals surface area contributed by atoms with Crippen LogP contribution in [0.3, 0.4) is 0 Å². The van der Waals surface area contributed by atoms with Crippen LogP contribution in [0.4, 0.5) is 0 Å². The normalized spacial score (nSPS) is 11.6. The molecule has 0 unspecified atom stereocenters. The highest BCUT2D eigenvalue weighted by Gasteiger charge is 2.11. The van der Waals surface area contributed by atoms with E-state index in [1.54, 1.807) is 36.7 Å². The minimum atomic E-state index is -3.64. The molecule has 1 aromatic heterocycles. The topological polar surface area (TPSA) is 71.4 Å². The van der Waals surface area contributed by atoms with Crippen LogP contribution in [-0.4, -0.2) is 19.6 Å². The molecule has 0 aliphatic rings. The highest BCUT2D eigenvalue weighted by atomic mass is 79.9. The number of hydrogen-bond donors (Lipinski definition) is 1. The lowest BCUT2D eigenvalue weighted by Gasteiger charge is -2.02. The Hall–Kier alpha value is -1.73. The molecule has 98 valence electrons. The van der Waals surface area contributed by atoms with E-state index in [1.807, 2.05) is 0 Å². The Morgan fingerprint density at radius 1 is 1.21 bits per heavy atom. The van der Waals surface area contributed by atoms with Gasteiger partial charge in [0.25, 0.3) is 10.0 Å². The number of hydrazone groups is 1. The fourth-order valence-corrected chi connectivity index (χ4v) is 2.34. The Bertz CT molecular complexity index is 670. The van der Waals surface area contributed by atoms with Gasteiger partial charge in [-0.15, -0.1) is 0 Å². The van der Waals surface area contributed by atoms with E-state index in [1.165, 1.54) is 18.3 Å². The summed E-state index contributed by atoms with van der Waals surface area (Å²) in [6, 6.07) is 9.80. The van der Waals surface area contributed by atoms with Crippen molar-refractivity contribution in [1.29, 1.82) is 0 Å². The number of aromatic nitrogens is 1. The fourth-order valence-electron chi connectivity index (χ4n) is 1.29. The van der Waals surface area contributed by atoms with Crippen molar-refractivity contribution in [3.05, 3.63) is 58.8 Å². The number of nitrogens with one attached hydrogen (secondary N) is 1. The van der Waals surface area contributed by atoms with Crippen LogP contribution in [0, 0.1) is 0 Å². The molecule has 0 atom stereocenters. The van der Waals surface area contributed by atoms with Gasteiger partial charge in [-0.2, -0.15) is 13.5 Å². The summed E-state index contributed by atoms with van der Waals surface area (Å²) in [5.41, 5.74) is 0.709. The lowest BCUT2D eigenvalue weighted by molar-refractivity contribution is 0.584. The van der Waals surface area contributed by atoms with Gasteiger partial charge in [0.1, 0.15) is 0 Å². The first-order valence-corrected chi connectivity index (χ1v) is 7.56. The smallest absolute Gasteiger partial charge is 0.264 e. The van der Waals surface area contributed by atoms with Crippen molar-refractivity contribution < 1.29 is 8.42 Å². The summed E-state index contributed by atoms with van der Waals surface area (Å²) in [6.45, 7) is 0. The van der Waals surface area contributed by atoms with Crippen molar-refractivity contribution in [2.45, 2.75) is 4.90 Å². The molecule has 1 aromatic carbocycles. The minimum absolute atomic E-state index is 0.152. The Morgan fingerprint density at radius 2 is 1.95 bits per heavy atom. The summed E-state index contributed by atoms with van der Waals surface area (Å²) in [7, 11) is -3.64. The molecule has 0 bridgehead atoms. The van der Waals surface area contributed by atoms with Crippen molar-refractivity contribution >= 4 is 32.2 Å². The second-order valence-electron chi connectivity index (χ2n) is 3.59. The Morgan fingerprint density at radius 3 is 2.58 bits per heavy atom. The summed E-state index contributed by atoms with van der Waals surface area (Å²) in [5, 5.41) is 3.70. The van der Waals surface area contributed by atoms with Gasteiger partial charge in [0.2, 0.25) is 0 Å². The second-order valence-corrected chi connectivity index (χ2v) is 6.17. The van der Waals surface area contributed by atoms with Gasteiger partial charge in [-0.3, -0.25) is 4.98 Å². The third kappa shape index (κ3) is 3.87. The average Bonchev–Trinajstić information content (AvgIpc) is 2.40. The van der Waals surface area contributed by atoms with Gasteiger partial charge in [-0.25, -0.2) is 4.83 Å². The van der Waals surface area contributed by atoms with E-state index in [0.29, 0.717) is 5.56 Å². The Labute approximate surface area is 119 Å². The van der Waals surface area contributed by atoms with Crippen molar-refractivity contribution in [2.75, 3.05) is 0 Å². The third-order valence-corrected chi connectivity index (χ3v) is 3.96. The lowest BCUT2D eigenvalue weighted by Crippen LogP contribution is -2.18. The van der Waals surface area contributed by atoms with Crippen molar-refractivity contribution in [1.82, 2.24) is 9.82 Å². The third-order valence-electron chi connectivity index (χ3n) is 2.19. The summed E-state index contributed by atoms with van der Waals surface area (Å²) >= 11 is 3.24. The summed E-state index contributed by atoms with van der Waals surface area (Å²) in [4.78, 5) is 6.19. The van der Waals surface area contributed by atoms with Gasteiger partial charge in [0, 0.05) is 22.4 Å². The van der Waals surface area contributed by atoms with Gasteiger partial charge in [0.05, 0.1) is 11.1 Å². The van der Waals surface area contributed by atoms with Crippen LogP contribution < -0.4 is 4.83 Å². The number of rotatable bonds is 4. The molecular weight excluding hydrogens is 330 g/mol. The highest BCUT2D eigenvalue weighted by molar-refractivity contribution is 9.10. The van der Waals surface area contributed by atoms with E-state index in [2.05, 4.69) is 30.8 Å². The Balaban J connectivity index is 2.10. The van der Waals surface area contributed by atoms with Crippen LogP contribution >= 0.6 is 15.9 Å². The number of pyridine rings is 1. The van der Waals surface area contributed by atoms with Gasteiger partial charge >= 0.3 is 0 Å². The molecule has 0 aliphatic carbocycles. The largest absolute Gasteiger partial charge is 0.276 e. The van der Waals surface area contributed by atoms with E-state index in [4.69, 9.17) is 0 Å². The standard InChI is InChI=1S/C12H10BrN3O2S/c13-11-3-5-12(6-4-11)19(17,18)16-15-9-10-2-1-7-14-8-10/h1-9,16H/b15-9-. The molecule has 1 heterocycles. The highest BCUT2D eigenvalue weighted by Crippen LogP contribution is 2.14. The van der Waals surface area contributed by atoms with E-state index < -0.39 is 10.0 Å². The number of hydrogen-bond acceptors (Lipinski definition) is 4. The maximum absolute atomic E-state index is 11.9. The first-order valence-electron chi connectivity index (χ1n) is 5.28. The predicted octanol–water partition coefficient (Wildman–Crippen LogP) is 2.16. The zero-order chi connectivity index (χ0) is 13.7. The van der Waals surface area contributed by atoms with Gasteiger partial charge in [-0.05, 0) is 30.3 Å². The summed E-state index contributed by atoms with van der Waals surface area (Å²) in [5.74, 6) is 0. The van der Waals surface area contributed by atoms with Crippen LogP contribution in [0.2, 0.25) is 0 Å². The van der Waals surface area contributed by atoms with Crippen molar-refractivity contribution in [3.8, 4) is 0 Å². The van der Waals surface area contributed by atoms with Crippen molar-refractivity contribution in [2.24, 2.45) is 5.10 Å². The molecule has 1 N–H and O–H groups in total. The van der Waals surface area contributed by atoms with E-state index in [9.17, 15) is 8.42 Å². The first-order chi connectivity index (χ1) is 9.08. The molecular formula is C12H10BrN3O2S. The molecule has 0 saturated carbocycles. The van der Waals surface area contributed by atoms with E-state index in [0.717, 1.165) is 4.47 Å². The monoisotopic (exact) mass is 339 g/mol. The molecule has 0 spiro atoms. The Kier molecular flexibility index (Phi) is 4.28. The van der Waals surface area contributed by atoms with Crippen molar-refractivity contribution in [3.63, 3.8) is 0 Å². The quantitative estimate of drug-likeness (QED) is 0.685. The maximum atomic E-state index is 11.9. The molecule has 0 aliphatic heterocycles. The van der Waals surface area contributed by atoms with Crippen LogP contribution in [0.5, 0.6) is 0 Å².